The van der Waals surface area contributed by atoms with Crippen LogP contribution in [0.25, 0.3) is 0 Å². The summed E-state index contributed by atoms with van der Waals surface area (Å²) < 4.78 is 32.8. The average Bonchev–Trinajstić information content (AvgIpc) is 3.12. The van der Waals surface area contributed by atoms with Crippen LogP contribution in [-0.4, -0.2) is 63.8 Å². The lowest BCUT2D eigenvalue weighted by Gasteiger charge is -2.15. The van der Waals surface area contributed by atoms with Crippen LogP contribution in [0.4, 0.5) is 0 Å². The van der Waals surface area contributed by atoms with Gasteiger partial charge in [0.15, 0.2) is 12.2 Å². The monoisotopic (exact) mass is 678 g/mol. The van der Waals surface area contributed by atoms with Crippen LogP contribution in [0.3, 0.4) is 0 Å². The summed E-state index contributed by atoms with van der Waals surface area (Å²) in [5.74, 6) is 13.0. The Morgan fingerprint density at radius 3 is 1.40 bits per heavy atom. The van der Waals surface area contributed by atoms with Gasteiger partial charge in [0, 0.05) is 37.2 Å². The topological polar surface area (TPSA) is 89.5 Å². The van der Waals surface area contributed by atoms with Crippen molar-refractivity contribution in [2.75, 3.05) is 39.6 Å². The molecular formula is C42H46O8. The second-order valence-corrected chi connectivity index (χ2v) is 10.6. The van der Waals surface area contributed by atoms with E-state index >= 15 is 0 Å². The van der Waals surface area contributed by atoms with Crippen molar-refractivity contribution < 1.29 is 38.0 Å². The van der Waals surface area contributed by atoms with Crippen molar-refractivity contribution in [2.24, 2.45) is 0 Å². The largest absolute Gasteiger partial charge is 0.490 e. The van der Waals surface area contributed by atoms with E-state index in [1.165, 1.54) is 0 Å². The van der Waals surface area contributed by atoms with Gasteiger partial charge in [0.25, 0.3) is 0 Å². The molecule has 0 saturated carbocycles. The summed E-state index contributed by atoms with van der Waals surface area (Å²) in [4.78, 5) is 24.2. The zero-order valence-electron chi connectivity index (χ0n) is 29.3. The smallest absolute Gasteiger partial charge is 0.335 e. The Labute approximate surface area is 296 Å². The third-order valence-corrected chi connectivity index (χ3v) is 6.91. The van der Waals surface area contributed by atoms with E-state index in [0.29, 0.717) is 52.5 Å². The fourth-order valence-electron chi connectivity index (χ4n) is 4.59. The van der Waals surface area contributed by atoms with E-state index in [-0.39, 0.29) is 11.9 Å². The highest BCUT2D eigenvalue weighted by Crippen LogP contribution is 2.16. The molecule has 50 heavy (non-hydrogen) atoms. The molecule has 262 valence electrons. The summed E-state index contributed by atoms with van der Waals surface area (Å²) in [6.45, 7) is 9.53. The van der Waals surface area contributed by atoms with Crippen LogP contribution >= 0.6 is 0 Å². The van der Waals surface area contributed by atoms with Gasteiger partial charge in [0.2, 0.25) is 0 Å². The minimum atomic E-state index is -0.618. The first-order valence-corrected chi connectivity index (χ1v) is 16.9. The molecule has 8 heteroatoms. The van der Waals surface area contributed by atoms with Gasteiger partial charge in [-0.1, -0.05) is 54.0 Å². The standard InChI is InChI=1S/C42H46O8/c1-5-45-39(41(43)47-7-3)31-35-20-24-37(25-21-35)49-28-13-9-11-16-33-18-15-19-34(30-33)17-12-10-14-29-50-38-26-22-36(23-27-38)32-40(46-6-2)42(44)48-8-4/h9-10,13-15,18-27,30,39-40H,5-8,28-29,31-32H2,1-4H3/b13-9+,14-10+/t39-,40-/m0/s1. The van der Waals surface area contributed by atoms with Crippen LogP contribution < -0.4 is 9.47 Å². The number of ether oxygens (including phenoxy) is 6. The van der Waals surface area contributed by atoms with E-state index in [1.807, 2.05) is 98.8 Å². The van der Waals surface area contributed by atoms with Crippen LogP contribution in [-0.2, 0) is 41.4 Å². The van der Waals surface area contributed by atoms with Crippen LogP contribution in [0.5, 0.6) is 11.5 Å². The summed E-state index contributed by atoms with van der Waals surface area (Å²) in [7, 11) is 0. The van der Waals surface area contributed by atoms with Crippen molar-refractivity contribution in [3.8, 4) is 35.2 Å². The van der Waals surface area contributed by atoms with Crippen molar-refractivity contribution in [2.45, 2.75) is 52.7 Å². The molecule has 0 N–H and O–H groups in total. The Hall–Kier alpha value is -5.28. The summed E-state index contributed by atoms with van der Waals surface area (Å²) in [6.07, 6.45) is 6.86. The fourth-order valence-corrected chi connectivity index (χ4v) is 4.59. The van der Waals surface area contributed by atoms with Gasteiger partial charge in [-0.25, -0.2) is 9.59 Å². The Balaban J connectivity index is 1.40. The van der Waals surface area contributed by atoms with E-state index in [1.54, 1.807) is 26.0 Å². The lowest BCUT2D eigenvalue weighted by atomic mass is 10.1. The second-order valence-electron chi connectivity index (χ2n) is 10.6. The third kappa shape index (κ3) is 14.9. The van der Waals surface area contributed by atoms with Gasteiger partial charge < -0.3 is 28.4 Å². The number of allylic oxidation sites excluding steroid dienone is 2. The predicted octanol–water partition coefficient (Wildman–Crippen LogP) is 6.68. The SMILES string of the molecule is CCOC(=O)[C@H](Cc1ccc(OC/C=C/C#Cc2cccc(C#C/C=C/COc3ccc(C[C@H](OCC)C(=O)OCC)cc3)c2)cc1)OCC. The molecule has 0 saturated heterocycles. The third-order valence-electron chi connectivity index (χ3n) is 6.91. The normalized spacial score (nSPS) is 11.9. The van der Waals surface area contributed by atoms with Gasteiger partial charge in [0.05, 0.1) is 13.2 Å². The van der Waals surface area contributed by atoms with Gasteiger partial charge in [-0.15, -0.1) is 0 Å². The molecule has 0 aliphatic carbocycles. The first-order valence-electron chi connectivity index (χ1n) is 16.9. The molecule has 3 aromatic rings. The molecule has 3 rings (SSSR count). The van der Waals surface area contributed by atoms with Crippen molar-refractivity contribution in [3.05, 3.63) is 119 Å². The van der Waals surface area contributed by atoms with Crippen molar-refractivity contribution >= 4 is 11.9 Å². The molecule has 0 radical (unpaired) electrons. The van der Waals surface area contributed by atoms with Crippen molar-refractivity contribution in [1.82, 2.24) is 0 Å². The van der Waals surface area contributed by atoms with Gasteiger partial charge in [0.1, 0.15) is 24.7 Å². The highest BCUT2D eigenvalue weighted by molar-refractivity contribution is 5.75. The van der Waals surface area contributed by atoms with E-state index in [2.05, 4.69) is 23.7 Å². The second kappa shape index (κ2) is 23.1. The molecule has 3 aromatic carbocycles. The van der Waals surface area contributed by atoms with E-state index in [4.69, 9.17) is 28.4 Å². The number of carbonyl (C=O) groups excluding carboxylic acids is 2. The minimum absolute atomic E-state index is 0.322. The van der Waals surface area contributed by atoms with Crippen LogP contribution in [0.2, 0.25) is 0 Å². The highest BCUT2D eigenvalue weighted by atomic mass is 16.6. The summed E-state index contributed by atoms with van der Waals surface area (Å²) in [6, 6.07) is 22.9. The maximum absolute atomic E-state index is 12.1. The first kappa shape index (κ1) is 39.2. The molecule has 0 aliphatic rings. The number of carbonyl (C=O) groups is 2. The predicted molar refractivity (Wildman–Crippen MR) is 194 cm³/mol. The van der Waals surface area contributed by atoms with Crippen LogP contribution in [0.15, 0.2) is 97.1 Å². The molecular weight excluding hydrogens is 632 g/mol. The van der Waals surface area contributed by atoms with E-state index in [0.717, 1.165) is 33.8 Å². The van der Waals surface area contributed by atoms with E-state index in [9.17, 15) is 9.59 Å². The zero-order valence-corrected chi connectivity index (χ0v) is 29.3. The van der Waals surface area contributed by atoms with Gasteiger partial charge in [-0.3, -0.25) is 0 Å². The molecule has 0 unspecified atom stereocenters. The maximum Gasteiger partial charge on any atom is 0.335 e. The average molecular weight is 679 g/mol. The van der Waals surface area contributed by atoms with Gasteiger partial charge in [-0.2, -0.15) is 0 Å². The quantitative estimate of drug-likeness (QED) is 0.109. The van der Waals surface area contributed by atoms with E-state index < -0.39 is 12.2 Å². The van der Waals surface area contributed by atoms with Crippen molar-refractivity contribution in [1.29, 1.82) is 0 Å². The number of esters is 2. The Bertz CT molecular complexity index is 1530. The molecule has 0 amide bonds. The molecule has 0 heterocycles. The van der Waals surface area contributed by atoms with Crippen molar-refractivity contribution in [3.63, 3.8) is 0 Å². The molecule has 0 fully saturated rings. The summed E-state index contributed by atoms with van der Waals surface area (Å²) >= 11 is 0. The van der Waals surface area contributed by atoms with Gasteiger partial charge >= 0.3 is 11.9 Å². The Morgan fingerprint density at radius 2 is 1.02 bits per heavy atom. The fraction of sp³-hybridized carbons (Fsp3) is 0.333. The number of hydrogen-bond acceptors (Lipinski definition) is 8. The van der Waals surface area contributed by atoms with Gasteiger partial charge in [-0.05, 0) is 106 Å². The Kier molecular flexibility index (Phi) is 18.1. The minimum Gasteiger partial charge on any atom is -0.490 e. The maximum atomic E-state index is 12.1. The highest BCUT2D eigenvalue weighted by Gasteiger charge is 2.21. The number of benzene rings is 3. The Morgan fingerprint density at radius 1 is 0.600 bits per heavy atom. The molecule has 0 aliphatic heterocycles. The molecule has 0 aromatic heterocycles. The number of hydrogen-bond donors (Lipinski definition) is 0. The van der Waals surface area contributed by atoms with Crippen LogP contribution in [0.1, 0.15) is 49.9 Å². The van der Waals surface area contributed by atoms with Crippen LogP contribution in [0, 0.1) is 23.7 Å². The molecule has 2 atom stereocenters. The molecule has 0 spiro atoms. The molecule has 0 bridgehead atoms. The number of rotatable bonds is 18. The lowest BCUT2D eigenvalue weighted by molar-refractivity contribution is -0.157. The summed E-state index contributed by atoms with van der Waals surface area (Å²) in [5.41, 5.74) is 3.64. The molecule has 8 nitrogen and oxygen atoms in total. The first-order chi connectivity index (χ1) is 24.4. The lowest BCUT2D eigenvalue weighted by Crippen LogP contribution is -2.28. The zero-order chi connectivity index (χ0) is 35.8. The summed E-state index contributed by atoms with van der Waals surface area (Å²) in [5, 5.41) is 0.